The van der Waals surface area contributed by atoms with Gasteiger partial charge in [0.2, 0.25) is 0 Å². The summed E-state index contributed by atoms with van der Waals surface area (Å²) in [5, 5.41) is 15.6. The lowest BCUT2D eigenvalue weighted by atomic mass is 9.88. The normalized spacial score (nSPS) is 26.7. The van der Waals surface area contributed by atoms with E-state index in [-0.39, 0.29) is 6.04 Å². The molecule has 2 unspecified atom stereocenters. The molecule has 0 saturated carbocycles. The molecule has 0 fully saturated rings. The lowest BCUT2D eigenvalue weighted by molar-refractivity contribution is -0.139. The van der Waals surface area contributed by atoms with Crippen molar-refractivity contribution in [2.45, 2.75) is 38.4 Å². The molecule has 0 amide bonds. The van der Waals surface area contributed by atoms with E-state index in [9.17, 15) is 9.90 Å². The zero-order chi connectivity index (χ0) is 13.1. The smallest absolute Gasteiger partial charge is 0.321 e. The van der Waals surface area contributed by atoms with Gasteiger partial charge in [0.05, 0.1) is 6.04 Å². The van der Waals surface area contributed by atoms with E-state index in [2.05, 4.69) is 22.8 Å². The minimum atomic E-state index is -0.789. The molecule has 1 heterocycles. The molecule has 3 atom stereocenters. The number of fused-ring (bicyclic) bond motifs is 1. The minimum Gasteiger partial charge on any atom is -0.480 e. The second-order valence-corrected chi connectivity index (χ2v) is 5.12. The third-order valence-corrected chi connectivity index (χ3v) is 3.30. The number of allylic oxidation sites excluding steroid dienone is 2. The van der Waals surface area contributed by atoms with Crippen LogP contribution in [0.15, 0.2) is 36.1 Å². The van der Waals surface area contributed by atoms with Crippen molar-refractivity contribution in [1.82, 2.24) is 10.6 Å². The van der Waals surface area contributed by atoms with Gasteiger partial charge in [0.15, 0.2) is 0 Å². The number of carbonyl (C=O) groups is 1. The Kier molecular flexibility index (Phi) is 3.87. The summed E-state index contributed by atoms with van der Waals surface area (Å²) in [5.41, 5.74) is 1.15. The molecule has 0 aromatic heterocycles. The molecule has 98 valence electrons. The Morgan fingerprint density at radius 3 is 2.83 bits per heavy atom. The number of hydrogen-bond donors (Lipinski definition) is 3. The predicted octanol–water partition coefficient (Wildman–Crippen LogP) is 1.43. The highest BCUT2D eigenvalue weighted by molar-refractivity contribution is 5.74. The van der Waals surface area contributed by atoms with Crippen molar-refractivity contribution < 1.29 is 9.90 Å². The lowest BCUT2D eigenvalue weighted by Crippen LogP contribution is -2.41. The van der Waals surface area contributed by atoms with Crippen LogP contribution in [0.4, 0.5) is 0 Å². The first-order valence-corrected chi connectivity index (χ1v) is 6.36. The highest BCUT2D eigenvalue weighted by Gasteiger charge is 2.30. The molecule has 0 saturated heterocycles. The van der Waals surface area contributed by atoms with Crippen LogP contribution in [0.2, 0.25) is 0 Å². The zero-order valence-electron chi connectivity index (χ0n) is 10.8. The monoisotopic (exact) mass is 248 g/mol. The third kappa shape index (κ3) is 2.82. The average molecular weight is 248 g/mol. The topological polar surface area (TPSA) is 61.4 Å². The van der Waals surface area contributed by atoms with E-state index >= 15 is 0 Å². The SMILES string of the molecule is CC(C)N[C@@H](CC1=CNC2C=CC=CC12)C(=O)O. The van der Waals surface area contributed by atoms with Gasteiger partial charge in [0.25, 0.3) is 0 Å². The van der Waals surface area contributed by atoms with Crippen molar-refractivity contribution in [1.29, 1.82) is 0 Å². The van der Waals surface area contributed by atoms with E-state index in [0.29, 0.717) is 18.4 Å². The van der Waals surface area contributed by atoms with E-state index in [0.717, 1.165) is 5.57 Å². The van der Waals surface area contributed by atoms with E-state index < -0.39 is 12.0 Å². The maximum atomic E-state index is 11.2. The summed E-state index contributed by atoms with van der Waals surface area (Å²) >= 11 is 0. The van der Waals surface area contributed by atoms with Crippen molar-refractivity contribution in [3.63, 3.8) is 0 Å². The summed E-state index contributed by atoms with van der Waals surface area (Å²) in [6.45, 7) is 3.92. The van der Waals surface area contributed by atoms with Crippen molar-refractivity contribution in [3.05, 3.63) is 36.1 Å². The number of nitrogens with one attached hydrogen (secondary N) is 2. The Hall–Kier alpha value is -1.55. The van der Waals surface area contributed by atoms with Gasteiger partial charge in [-0.3, -0.25) is 4.79 Å². The van der Waals surface area contributed by atoms with Crippen LogP contribution in [-0.4, -0.2) is 29.2 Å². The van der Waals surface area contributed by atoms with Crippen molar-refractivity contribution in [2.24, 2.45) is 5.92 Å². The molecule has 1 aliphatic carbocycles. The van der Waals surface area contributed by atoms with Crippen LogP contribution in [0.5, 0.6) is 0 Å². The second kappa shape index (κ2) is 5.40. The maximum Gasteiger partial charge on any atom is 0.321 e. The third-order valence-electron chi connectivity index (χ3n) is 3.30. The van der Waals surface area contributed by atoms with Crippen molar-refractivity contribution >= 4 is 5.97 Å². The summed E-state index contributed by atoms with van der Waals surface area (Å²) < 4.78 is 0. The molecular weight excluding hydrogens is 228 g/mol. The first-order chi connectivity index (χ1) is 8.58. The highest BCUT2D eigenvalue weighted by atomic mass is 16.4. The van der Waals surface area contributed by atoms with Crippen LogP contribution in [0.3, 0.4) is 0 Å². The van der Waals surface area contributed by atoms with Gasteiger partial charge in [-0.2, -0.15) is 0 Å². The van der Waals surface area contributed by atoms with Crippen LogP contribution in [-0.2, 0) is 4.79 Å². The van der Waals surface area contributed by atoms with Crippen LogP contribution in [0, 0.1) is 5.92 Å². The molecule has 1 aliphatic heterocycles. The van der Waals surface area contributed by atoms with Crippen molar-refractivity contribution in [2.75, 3.05) is 0 Å². The van der Waals surface area contributed by atoms with Crippen LogP contribution < -0.4 is 10.6 Å². The Bertz CT molecular complexity index is 410. The van der Waals surface area contributed by atoms with Crippen molar-refractivity contribution in [3.8, 4) is 0 Å². The number of rotatable bonds is 5. The molecule has 18 heavy (non-hydrogen) atoms. The molecule has 0 aromatic carbocycles. The number of carboxylic acid groups (broad SMARTS) is 1. The van der Waals surface area contributed by atoms with Gasteiger partial charge in [-0.25, -0.2) is 0 Å². The standard InChI is InChI=1S/C14H20N2O2/c1-9(2)16-13(14(17)18)7-10-8-15-12-6-4-3-5-11(10)12/h3-6,8-9,11-13,15-16H,7H2,1-2H3,(H,17,18)/t11?,12?,13-/m0/s1. The van der Waals surface area contributed by atoms with E-state index in [1.807, 2.05) is 32.2 Å². The number of aliphatic carboxylic acids is 1. The molecule has 2 rings (SSSR count). The molecule has 3 N–H and O–H groups in total. The van der Waals surface area contributed by atoms with E-state index in [1.165, 1.54) is 0 Å². The molecule has 0 spiro atoms. The fraction of sp³-hybridized carbons (Fsp3) is 0.500. The van der Waals surface area contributed by atoms with E-state index in [1.54, 1.807) is 0 Å². The molecule has 4 heteroatoms. The zero-order valence-corrected chi connectivity index (χ0v) is 10.8. The summed E-state index contributed by atoms with van der Waals surface area (Å²) in [4.78, 5) is 11.2. The Labute approximate surface area is 107 Å². The number of carboxylic acids is 1. The minimum absolute atomic E-state index is 0.165. The molecule has 0 bridgehead atoms. The fourth-order valence-electron chi connectivity index (χ4n) is 2.47. The lowest BCUT2D eigenvalue weighted by Gasteiger charge is -2.22. The summed E-state index contributed by atoms with van der Waals surface area (Å²) in [7, 11) is 0. The maximum absolute atomic E-state index is 11.2. The predicted molar refractivity (Wildman–Crippen MR) is 71.1 cm³/mol. The van der Waals surface area contributed by atoms with Gasteiger partial charge in [0.1, 0.15) is 6.04 Å². The fourth-order valence-corrected chi connectivity index (χ4v) is 2.47. The van der Waals surface area contributed by atoms with Gasteiger partial charge in [0, 0.05) is 12.0 Å². The summed E-state index contributed by atoms with van der Waals surface area (Å²) in [6.07, 6.45) is 10.8. The summed E-state index contributed by atoms with van der Waals surface area (Å²) in [5.74, 6) is -0.491. The van der Waals surface area contributed by atoms with E-state index in [4.69, 9.17) is 0 Å². The molecule has 2 aliphatic rings. The van der Waals surface area contributed by atoms with Crippen LogP contribution >= 0.6 is 0 Å². The largest absolute Gasteiger partial charge is 0.480 e. The van der Waals surface area contributed by atoms with Crippen LogP contribution in [0.25, 0.3) is 0 Å². The Balaban J connectivity index is 2.02. The molecule has 0 radical (unpaired) electrons. The van der Waals surface area contributed by atoms with Crippen LogP contribution in [0.1, 0.15) is 20.3 Å². The average Bonchev–Trinajstić information content (AvgIpc) is 2.71. The van der Waals surface area contributed by atoms with Gasteiger partial charge in [-0.1, -0.05) is 38.2 Å². The van der Waals surface area contributed by atoms with Gasteiger partial charge in [-0.15, -0.1) is 0 Å². The highest BCUT2D eigenvalue weighted by Crippen LogP contribution is 2.29. The Morgan fingerprint density at radius 2 is 2.17 bits per heavy atom. The first-order valence-electron chi connectivity index (χ1n) is 6.36. The molecular formula is C14H20N2O2. The van der Waals surface area contributed by atoms with Gasteiger partial charge < -0.3 is 15.7 Å². The Morgan fingerprint density at radius 1 is 1.44 bits per heavy atom. The quantitative estimate of drug-likeness (QED) is 0.688. The second-order valence-electron chi connectivity index (χ2n) is 5.12. The molecule has 0 aromatic rings. The molecule has 4 nitrogen and oxygen atoms in total. The van der Waals surface area contributed by atoms with Gasteiger partial charge >= 0.3 is 5.97 Å². The first kappa shape index (κ1) is 12.9. The van der Waals surface area contributed by atoms with Gasteiger partial charge in [-0.05, 0) is 18.2 Å². The number of hydrogen-bond acceptors (Lipinski definition) is 3. The summed E-state index contributed by atoms with van der Waals surface area (Å²) in [6, 6.07) is -0.0618.